The largest absolute Gasteiger partial charge is 0.488 e. The number of hydrogen-bond donors (Lipinski definition) is 1. The molecule has 1 aromatic heterocycles. The van der Waals surface area contributed by atoms with E-state index in [1.807, 2.05) is 17.6 Å². The van der Waals surface area contributed by atoms with E-state index >= 15 is 0 Å². The molecule has 1 fully saturated rings. The second-order valence-corrected chi connectivity index (χ2v) is 7.66. The van der Waals surface area contributed by atoms with E-state index in [0.29, 0.717) is 24.8 Å². The lowest BCUT2D eigenvalue weighted by atomic mass is 9.99. The van der Waals surface area contributed by atoms with Crippen LogP contribution in [-0.4, -0.2) is 29.2 Å². The Morgan fingerprint density at radius 2 is 1.78 bits per heavy atom. The van der Waals surface area contributed by atoms with Gasteiger partial charge in [-0.2, -0.15) is 0 Å². The standard InChI is InChI=1S/C22H29N3O2/c1-2-25-20(15-24-13-18-5-3-4-6-19(18)14-24)7-8-21(22(25)26)27-16-17-9-11-23-12-10-17/h3-8,17,23H,2,9-16H2,1H3. The molecule has 0 saturated carbocycles. The molecule has 1 saturated heterocycles. The molecule has 0 unspecified atom stereocenters. The Morgan fingerprint density at radius 3 is 2.44 bits per heavy atom. The molecule has 3 heterocycles. The van der Waals surface area contributed by atoms with Gasteiger partial charge in [-0.1, -0.05) is 24.3 Å². The van der Waals surface area contributed by atoms with Crippen LogP contribution in [0.3, 0.4) is 0 Å². The molecule has 5 nitrogen and oxygen atoms in total. The summed E-state index contributed by atoms with van der Waals surface area (Å²) in [5.74, 6) is 1.03. The maximum atomic E-state index is 12.9. The molecular weight excluding hydrogens is 338 g/mol. The van der Waals surface area contributed by atoms with Gasteiger partial charge < -0.3 is 14.6 Å². The highest BCUT2D eigenvalue weighted by atomic mass is 16.5. The first-order valence-electron chi connectivity index (χ1n) is 10.1. The number of benzene rings is 1. The van der Waals surface area contributed by atoms with Gasteiger partial charge in [0.1, 0.15) is 0 Å². The second kappa shape index (κ2) is 8.28. The summed E-state index contributed by atoms with van der Waals surface area (Å²) in [4.78, 5) is 15.3. The van der Waals surface area contributed by atoms with Crippen molar-refractivity contribution in [2.24, 2.45) is 5.92 Å². The molecule has 5 heteroatoms. The number of nitrogens with one attached hydrogen (secondary N) is 1. The zero-order valence-corrected chi connectivity index (χ0v) is 16.1. The fourth-order valence-electron chi connectivity index (χ4n) is 4.19. The predicted molar refractivity (Wildman–Crippen MR) is 107 cm³/mol. The monoisotopic (exact) mass is 367 g/mol. The average molecular weight is 367 g/mol. The molecule has 0 aliphatic carbocycles. The average Bonchev–Trinajstić information content (AvgIpc) is 3.11. The number of pyridine rings is 1. The number of hydrogen-bond acceptors (Lipinski definition) is 4. The van der Waals surface area contributed by atoms with Crippen molar-refractivity contribution < 1.29 is 4.74 Å². The van der Waals surface area contributed by atoms with Crippen LogP contribution in [-0.2, 0) is 26.2 Å². The Morgan fingerprint density at radius 1 is 1.07 bits per heavy atom. The van der Waals surface area contributed by atoms with Crippen molar-refractivity contribution >= 4 is 0 Å². The first-order valence-corrected chi connectivity index (χ1v) is 10.1. The number of ether oxygens (including phenoxy) is 1. The molecular formula is C22H29N3O2. The number of piperidine rings is 1. The van der Waals surface area contributed by atoms with Crippen molar-refractivity contribution in [2.75, 3.05) is 19.7 Å². The molecule has 0 atom stereocenters. The summed E-state index contributed by atoms with van der Waals surface area (Å²) in [5.41, 5.74) is 3.85. The van der Waals surface area contributed by atoms with Crippen LogP contribution in [0.5, 0.6) is 5.75 Å². The molecule has 2 aromatic rings. The van der Waals surface area contributed by atoms with Crippen LogP contribution in [0, 0.1) is 5.92 Å². The van der Waals surface area contributed by atoms with Crippen LogP contribution < -0.4 is 15.6 Å². The van der Waals surface area contributed by atoms with Gasteiger partial charge in [0.25, 0.3) is 5.56 Å². The third-order valence-electron chi connectivity index (χ3n) is 5.77. The molecule has 144 valence electrons. The maximum Gasteiger partial charge on any atom is 0.293 e. The van der Waals surface area contributed by atoms with E-state index in [4.69, 9.17) is 4.74 Å². The maximum absolute atomic E-state index is 12.9. The first-order chi connectivity index (χ1) is 13.2. The minimum absolute atomic E-state index is 0.000598. The van der Waals surface area contributed by atoms with Gasteiger partial charge in [0.05, 0.1) is 6.61 Å². The lowest BCUT2D eigenvalue weighted by Gasteiger charge is -2.23. The quantitative estimate of drug-likeness (QED) is 0.853. The Labute approximate surface area is 161 Å². The van der Waals surface area contributed by atoms with Gasteiger partial charge >= 0.3 is 0 Å². The van der Waals surface area contributed by atoms with E-state index in [1.54, 1.807) is 0 Å². The van der Waals surface area contributed by atoms with Gasteiger partial charge in [-0.15, -0.1) is 0 Å². The molecule has 0 spiro atoms. The van der Waals surface area contributed by atoms with E-state index in [1.165, 1.54) is 11.1 Å². The Balaban J connectivity index is 1.44. The zero-order valence-electron chi connectivity index (χ0n) is 16.1. The van der Waals surface area contributed by atoms with Gasteiger partial charge in [0, 0.05) is 31.9 Å². The van der Waals surface area contributed by atoms with Crippen molar-refractivity contribution in [3.63, 3.8) is 0 Å². The normalized spacial score (nSPS) is 17.8. The smallest absolute Gasteiger partial charge is 0.293 e. The van der Waals surface area contributed by atoms with Gasteiger partial charge in [-0.05, 0) is 62.0 Å². The van der Waals surface area contributed by atoms with Crippen LogP contribution in [0.4, 0.5) is 0 Å². The first kappa shape index (κ1) is 18.3. The van der Waals surface area contributed by atoms with Gasteiger partial charge in [0.15, 0.2) is 5.75 Å². The Bertz CT molecular complexity index is 815. The topological polar surface area (TPSA) is 46.5 Å². The van der Waals surface area contributed by atoms with E-state index < -0.39 is 0 Å². The van der Waals surface area contributed by atoms with Crippen LogP contribution >= 0.6 is 0 Å². The summed E-state index contributed by atoms with van der Waals surface area (Å²) in [7, 11) is 0. The zero-order chi connectivity index (χ0) is 18.6. The fraction of sp³-hybridized carbons (Fsp3) is 0.500. The van der Waals surface area contributed by atoms with Crippen LogP contribution in [0.1, 0.15) is 36.6 Å². The van der Waals surface area contributed by atoms with E-state index in [9.17, 15) is 4.79 Å². The summed E-state index contributed by atoms with van der Waals surface area (Å²) in [6.45, 7) is 8.10. The third-order valence-corrected chi connectivity index (χ3v) is 5.77. The Kier molecular flexibility index (Phi) is 5.60. The van der Waals surface area contributed by atoms with Crippen molar-refractivity contribution in [1.29, 1.82) is 0 Å². The third kappa shape index (κ3) is 4.09. The number of fused-ring (bicyclic) bond motifs is 1. The van der Waals surface area contributed by atoms with Crippen LogP contribution in [0.25, 0.3) is 0 Å². The van der Waals surface area contributed by atoms with E-state index in [0.717, 1.165) is 51.3 Å². The SMILES string of the molecule is CCn1c(CN2Cc3ccccc3C2)ccc(OCC2CCNCC2)c1=O. The number of rotatable bonds is 6. The lowest BCUT2D eigenvalue weighted by molar-refractivity contribution is 0.211. The minimum atomic E-state index is 0.000598. The van der Waals surface area contributed by atoms with Crippen molar-refractivity contribution in [1.82, 2.24) is 14.8 Å². The molecule has 0 amide bonds. The molecule has 2 aliphatic heterocycles. The summed E-state index contributed by atoms with van der Waals surface area (Å²) < 4.78 is 7.78. The minimum Gasteiger partial charge on any atom is -0.488 e. The van der Waals surface area contributed by atoms with Crippen molar-refractivity contribution in [2.45, 2.75) is 45.9 Å². The summed E-state index contributed by atoms with van der Waals surface area (Å²) in [6.07, 6.45) is 2.24. The fourth-order valence-corrected chi connectivity index (χ4v) is 4.19. The van der Waals surface area contributed by atoms with Crippen molar-refractivity contribution in [3.8, 4) is 5.75 Å². The number of nitrogens with zero attached hydrogens (tertiary/aromatic N) is 2. The van der Waals surface area contributed by atoms with E-state index in [-0.39, 0.29) is 5.56 Å². The van der Waals surface area contributed by atoms with Gasteiger partial charge in [-0.3, -0.25) is 9.69 Å². The molecule has 0 bridgehead atoms. The molecule has 27 heavy (non-hydrogen) atoms. The van der Waals surface area contributed by atoms with Gasteiger partial charge in [-0.25, -0.2) is 0 Å². The van der Waals surface area contributed by atoms with Crippen LogP contribution in [0.15, 0.2) is 41.2 Å². The predicted octanol–water partition coefficient (Wildman–Crippen LogP) is 2.76. The Hall–Kier alpha value is -2.11. The second-order valence-electron chi connectivity index (χ2n) is 7.66. The number of aromatic nitrogens is 1. The summed E-state index contributed by atoms with van der Waals surface area (Å²) in [6, 6.07) is 12.5. The highest BCUT2D eigenvalue weighted by Crippen LogP contribution is 2.24. The molecule has 1 N–H and O–H groups in total. The van der Waals surface area contributed by atoms with Crippen LogP contribution in [0.2, 0.25) is 0 Å². The molecule has 0 radical (unpaired) electrons. The summed E-state index contributed by atoms with van der Waals surface area (Å²) >= 11 is 0. The molecule has 2 aliphatic rings. The molecule has 4 rings (SSSR count). The highest BCUT2D eigenvalue weighted by molar-refractivity contribution is 5.30. The van der Waals surface area contributed by atoms with E-state index in [2.05, 4.69) is 40.5 Å². The highest BCUT2D eigenvalue weighted by Gasteiger charge is 2.20. The van der Waals surface area contributed by atoms with Gasteiger partial charge in [0.2, 0.25) is 0 Å². The lowest BCUT2D eigenvalue weighted by Crippen LogP contribution is -2.32. The molecule has 1 aromatic carbocycles. The van der Waals surface area contributed by atoms with Crippen molar-refractivity contribution in [3.05, 3.63) is 63.6 Å². The summed E-state index contributed by atoms with van der Waals surface area (Å²) in [5, 5.41) is 3.36.